The monoisotopic (exact) mass is 444 g/mol. The summed E-state index contributed by atoms with van der Waals surface area (Å²) in [6.07, 6.45) is 5.45. The first-order valence-electron chi connectivity index (χ1n) is 9.83. The summed E-state index contributed by atoms with van der Waals surface area (Å²) in [5, 5.41) is 4.36. The quantitative estimate of drug-likeness (QED) is 0.328. The Bertz CT molecular complexity index is 1010. The van der Waals surface area contributed by atoms with Crippen LogP contribution in [-0.2, 0) is 0 Å². The third kappa shape index (κ3) is 5.35. The zero-order valence-corrected chi connectivity index (χ0v) is 20.2. The topological polar surface area (TPSA) is 64.7 Å². The average molecular weight is 445 g/mol. The Balaban J connectivity index is 0.000000707. The number of pyridine rings is 2. The molecule has 0 aliphatic rings. The standard InChI is InChI=1S/C18H16N4S3.2C2H6/c1-10(2)24-18-15(19)14-12(11-4-3-5-20-9-11)8-13(22-17(14)25-18)16-21-6-7-23-16;2*1-2/h3-10H,19H2,1-2H3;2*1-2H3. The molecule has 0 radical (unpaired) electrons. The number of nitrogen functional groups attached to an aromatic ring is 1. The van der Waals surface area contributed by atoms with Gasteiger partial charge >= 0.3 is 0 Å². The van der Waals surface area contributed by atoms with E-state index in [-0.39, 0.29) is 0 Å². The van der Waals surface area contributed by atoms with E-state index in [1.807, 2.05) is 45.3 Å². The zero-order valence-electron chi connectivity index (χ0n) is 17.8. The maximum Gasteiger partial charge on any atom is 0.141 e. The third-order valence-electron chi connectivity index (χ3n) is 3.63. The van der Waals surface area contributed by atoms with Crippen LogP contribution >= 0.6 is 34.4 Å². The van der Waals surface area contributed by atoms with Gasteiger partial charge in [0.15, 0.2) is 0 Å². The normalized spacial score (nSPS) is 10.3. The Morgan fingerprint density at radius 3 is 2.45 bits per heavy atom. The number of fused-ring (bicyclic) bond motifs is 1. The summed E-state index contributed by atoms with van der Waals surface area (Å²) < 4.78 is 1.12. The van der Waals surface area contributed by atoms with Crippen LogP contribution in [0, 0.1) is 0 Å². The van der Waals surface area contributed by atoms with Crippen LogP contribution in [0.3, 0.4) is 0 Å². The predicted octanol–water partition coefficient (Wildman–Crippen LogP) is 7.62. The average Bonchev–Trinajstić information content (AvgIpc) is 3.40. The summed E-state index contributed by atoms with van der Waals surface area (Å²) in [7, 11) is 0. The fourth-order valence-corrected chi connectivity index (χ4v) is 5.73. The van der Waals surface area contributed by atoms with Gasteiger partial charge in [-0.25, -0.2) is 9.97 Å². The molecular weight excluding hydrogens is 416 g/mol. The summed E-state index contributed by atoms with van der Waals surface area (Å²) in [4.78, 5) is 14.5. The van der Waals surface area contributed by atoms with Crippen LogP contribution in [-0.4, -0.2) is 20.2 Å². The van der Waals surface area contributed by atoms with Crippen molar-refractivity contribution in [3.63, 3.8) is 0 Å². The van der Waals surface area contributed by atoms with Gasteiger partial charge < -0.3 is 5.73 Å². The first-order valence-corrected chi connectivity index (χ1v) is 12.4. The molecule has 0 aromatic carbocycles. The molecule has 0 spiro atoms. The van der Waals surface area contributed by atoms with E-state index in [1.54, 1.807) is 46.8 Å². The van der Waals surface area contributed by atoms with Crippen molar-refractivity contribution in [3.05, 3.63) is 42.2 Å². The molecule has 154 valence electrons. The molecule has 0 amide bonds. The van der Waals surface area contributed by atoms with Gasteiger partial charge in [0.1, 0.15) is 15.5 Å². The van der Waals surface area contributed by atoms with E-state index in [9.17, 15) is 0 Å². The van der Waals surface area contributed by atoms with Crippen molar-refractivity contribution in [1.29, 1.82) is 0 Å². The summed E-state index contributed by atoms with van der Waals surface area (Å²) in [5.74, 6) is 0. The second-order valence-corrected chi connectivity index (χ2v) is 9.52. The molecule has 0 aliphatic heterocycles. The number of thiazole rings is 1. The Labute approximate surface area is 185 Å². The van der Waals surface area contributed by atoms with Crippen molar-refractivity contribution in [2.75, 3.05) is 5.73 Å². The number of hydrogen-bond acceptors (Lipinski definition) is 7. The molecule has 0 atom stereocenters. The molecule has 0 unspecified atom stereocenters. The highest BCUT2D eigenvalue weighted by Crippen LogP contribution is 2.46. The molecule has 7 heteroatoms. The predicted molar refractivity (Wildman–Crippen MR) is 132 cm³/mol. The van der Waals surface area contributed by atoms with Gasteiger partial charge in [0, 0.05) is 40.2 Å². The summed E-state index contributed by atoms with van der Waals surface area (Å²) in [6, 6.07) is 6.07. The van der Waals surface area contributed by atoms with Gasteiger partial charge in [-0.15, -0.1) is 34.4 Å². The molecule has 4 heterocycles. The molecule has 4 rings (SSSR count). The third-order valence-corrected chi connectivity index (χ3v) is 6.77. The van der Waals surface area contributed by atoms with Crippen LogP contribution in [0.1, 0.15) is 41.5 Å². The minimum atomic E-state index is 0.468. The van der Waals surface area contributed by atoms with E-state index < -0.39 is 0 Å². The first-order chi connectivity index (χ1) is 14.1. The van der Waals surface area contributed by atoms with Crippen LogP contribution in [0.2, 0.25) is 0 Å². The minimum Gasteiger partial charge on any atom is -0.397 e. The van der Waals surface area contributed by atoms with Crippen molar-refractivity contribution in [2.24, 2.45) is 0 Å². The van der Waals surface area contributed by atoms with Crippen molar-refractivity contribution in [2.45, 2.75) is 51.0 Å². The molecule has 4 aromatic rings. The highest BCUT2D eigenvalue weighted by Gasteiger charge is 2.19. The molecule has 0 bridgehead atoms. The molecule has 4 aromatic heterocycles. The highest BCUT2D eigenvalue weighted by atomic mass is 32.2. The Morgan fingerprint density at radius 1 is 1.10 bits per heavy atom. The number of nitrogens with two attached hydrogens (primary N) is 1. The number of rotatable bonds is 4. The van der Waals surface area contributed by atoms with Crippen LogP contribution in [0.5, 0.6) is 0 Å². The molecule has 29 heavy (non-hydrogen) atoms. The lowest BCUT2D eigenvalue weighted by Gasteiger charge is -2.07. The van der Waals surface area contributed by atoms with Gasteiger partial charge in [-0.1, -0.05) is 47.6 Å². The largest absolute Gasteiger partial charge is 0.397 e. The number of thioether (sulfide) groups is 1. The van der Waals surface area contributed by atoms with Gasteiger partial charge in [-0.2, -0.15) is 0 Å². The van der Waals surface area contributed by atoms with Gasteiger partial charge in [0.2, 0.25) is 0 Å². The smallest absolute Gasteiger partial charge is 0.141 e. The van der Waals surface area contributed by atoms with Crippen LogP contribution in [0.15, 0.2) is 46.4 Å². The lowest BCUT2D eigenvalue weighted by atomic mass is 10.0. The van der Waals surface area contributed by atoms with E-state index in [0.717, 1.165) is 41.9 Å². The van der Waals surface area contributed by atoms with E-state index in [1.165, 1.54) is 0 Å². The highest BCUT2D eigenvalue weighted by molar-refractivity contribution is 8.02. The van der Waals surface area contributed by atoms with Crippen molar-refractivity contribution in [3.8, 4) is 21.8 Å². The molecule has 4 nitrogen and oxygen atoms in total. The van der Waals surface area contributed by atoms with Gasteiger partial charge in [-0.05, 0) is 17.7 Å². The Kier molecular flexibility index (Phi) is 9.07. The van der Waals surface area contributed by atoms with Gasteiger partial charge in [-0.3, -0.25) is 4.98 Å². The molecule has 0 aliphatic carbocycles. The molecule has 0 saturated carbocycles. The minimum absolute atomic E-state index is 0.468. The Hall–Kier alpha value is -1.96. The van der Waals surface area contributed by atoms with Crippen molar-refractivity contribution < 1.29 is 0 Å². The molecule has 2 N–H and O–H groups in total. The number of nitrogens with zero attached hydrogens (tertiary/aromatic N) is 3. The fraction of sp³-hybridized carbons (Fsp3) is 0.318. The first kappa shape index (κ1) is 23.3. The fourth-order valence-electron chi connectivity index (χ4n) is 2.61. The Morgan fingerprint density at radius 2 is 1.86 bits per heavy atom. The number of aromatic nitrogens is 3. The van der Waals surface area contributed by atoms with Crippen molar-refractivity contribution in [1.82, 2.24) is 15.0 Å². The number of thiophene rings is 1. The second kappa shape index (κ2) is 11.3. The number of anilines is 1. The van der Waals surface area contributed by atoms with E-state index in [4.69, 9.17) is 10.7 Å². The SMILES string of the molecule is CC.CC.CC(C)Sc1sc2nc(-c3nccs3)cc(-c3cccnc3)c2c1N. The van der Waals surface area contributed by atoms with Crippen LogP contribution in [0.25, 0.3) is 32.0 Å². The maximum absolute atomic E-state index is 6.51. The van der Waals surface area contributed by atoms with Crippen LogP contribution < -0.4 is 5.73 Å². The summed E-state index contributed by atoms with van der Waals surface area (Å²) in [6.45, 7) is 12.3. The van der Waals surface area contributed by atoms with Crippen molar-refractivity contribution >= 4 is 50.3 Å². The van der Waals surface area contributed by atoms with E-state index >= 15 is 0 Å². The lowest BCUT2D eigenvalue weighted by molar-refractivity contribution is 1.11. The molecular formula is C22H28N4S3. The van der Waals surface area contributed by atoms with E-state index in [2.05, 4.69) is 35.9 Å². The van der Waals surface area contributed by atoms with E-state index in [0.29, 0.717) is 5.25 Å². The molecule has 0 saturated heterocycles. The number of hydrogen-bond donors (Lipinski definition) is 1. The second-order valence-electron chi connectivity index (χ2n) is 5.78. The zero-order chi connectivity index (χ0) is 21.4. The lowest BCUT2D eigenvalue weighted by Crippen LogP contribution is -1.92. The summed E-state index contributed by atoms with van der Waals surface area (Å²) >= 11 is 5.03. The van der Waals surface area contributed by atoms with Crippen LogP contribution in [0.4, 0.5) is 5.69 Å². The summed E-state index contributed by atoms with van der Waals surface area (Å²) in [5.41, 5.74) is 10.3. The van der Waals surface area contributed by atoms with Gasteiger partial charge in [0.05, 0.1) is 9.90 Å². The molecule has 0 fully saturated rings. The maximum atomic E-state index is 6.51. The van der Waals surface area contributed by atoms with Gasteiger partial charge in [0.25, 0.3) is 0 Å².